The fourth-order valence-electron chi connectivity index (χ4n) is 1.25. The molecule has 0 heterocycles. The maximum atomic E-state index is 11.2. The molecule has 0 aliphatic carbocycles. The van der Waals surface area contributed by atoms with Gasteiger partial charge in [0.15, 0.2) is 5.75 Å². The second-order valence-corrected chi connectivity index (χ2v) is 7.48. The van der Waals surface area contributed by atoms with E-state index in [1.807, 2.05) is 20.8 Å². The third-order valence-electron chi connectivity index (χ3n) is 2.05. The lowest BCUT2D eigenvalue weighted by atomic mass is 9.98. The number of hydrogen-bond acceptors (Lipinski definition) is 3. The van der Waals surface area contributed by atoms with E-state index in [4.69, 9.17) is 33.1 Å². The maximum Gasteiger partial charge on any atom is 0.238 e. The van der Waals surface area contributed by atoms with Crippen molar-refractivity contribution in [1.82, 2.24) is 0 Å². The average Bonchev–Trinajstić information content (AvgIpc) is 2.23. The number of hydrogen-bond donors (Lipinski definition) is 1. The predicted molar refractivity (Wildman–Crippen MR) is 80.6 cm³/mol. The molecule has 0 radical (unpaired) electrons. The van der Waals surface area contributed by atoms with Crippen molar-refractivity contribution in [1.29, 1.82) is 0 Å². The van der Waals surface area contributed by atoms with Crippen LogP contribution in [0, 0.1) is 17.3 Å². The molecule has 1 aromatic rings. The maximum absolute atomic E-state index is 11.2. The van der Waals surface area contributed by atoms with Gasteiger partial charge >= 0.3 is 0 Å². The molecule has 1 rings (SSSR count). The molecule has 1 aromatic carbocycles. The first kappa shape index (κ1) is 17.1. The van der Waals surface area contributed by atoms with Gasteiger partial charge in [0.25, 0.3) is 0 Å². The lowest BCUT2D eigenvalue weighted by Crippen LogP contribution is -2.12. The number of sulfonamides is 1. The van der Waals surface area contributed by atoms with E-state index in [1.165, 1.54) is 12.1 Å². The smallest absolute Gasteiger partial charge is 0.238 e. The van der Waals surface area contributed by atoms with Crippen molar-refractivity contribution in [3.8, 4) is 17.6 Å². The molecule has 4 nitrogen and oxygen atoms in total. The van der Waals surface area contributed by atoms with Gasteiger partial charge in [0.05, 0.1) is 14.9 Å². The van der Waals surface area contributed by atoms with Crippen LogP contribution in [0.15, 0.2) is 17.0 Å². The first-order chi connectivity index (χ1) is 9.00. The van der Waals surface area contributed by atoms with Crippen LogP contribution in [0.3, 0.4) is 0 Å². The number of benzene rings is 1. The number of rotatable bonds is 3. The van der Waals surface area contributed by atoms with Crippen LogP contribution in [0.5, 0.6) is 5.75 Å². The van der Waals surface area contributed by atoms with Crippen molar-refractivity contribution in [3.63, 3.8) is 0 Å². The predicted octanol–water partition coefficient (Wildman–Crippen LogP) is 3.07. The largest absolute Gasteiger partial charge is 0.478 e. The number of nitrogens with two attached hydrogens (primary N) is 1. The SMILES string of the molecule is CC(C)(C)C#CCOc1c(Cl)cc(S(N)(=O)=O)cc1Cl. The van der Waals surface area contributed by atoms with Crippen molar-refractivity contribution in [2.75, 3.05) is 6.61 Å². The van der Waals surface area contributed by atoms with Crippen molar-refractivity contribution < 1.29 is 13.2 Å². The Hall–Kier alpha value is -0.930. The Morgan fingerprint density at radius 3 is 2.15 bits per heavy atom. The zero-order valence-electron chi connectivity index (χ0n) is 11.3. The van der Waals surface area contributed by atoms with Gasteiger partial charge in [-0.3, -0.25) is 0 Å². The first-order valence-corrected chi connectivity index (χ1v) is 7.95. The van der Waals surface area contributed by atoms with Crippen LogP contribution in [0.1, 0.15) is 20.8 Å². The minimum absolute atomic E-state index is 0.0686. The summed E-state index contributed by atoms with van der Waals surface area (Å²) >= 11 is 11.9. The van der Waals surface area contributed by atoms with Gasteiger partial charge in [-0.1, -0.05) is 35.0 Å². The van der Waals surface area contributed by atoms with Crippen molar-refractivity contribution in [2.24, 2.45) is 10.6 Å². The van der Waals surface area contributed by atoms with Gasteiger partial charge in [-0.25, -0.2) is 13.6 Å². The van der Waals surface area contributed by atoms with E-state index < -0.39 is 10.0 Å². The molecule has 0 amide bonds. The van der Waals surface area contributed by atoms with Crippen molar-refractivity contribution in [3.05, 3.63) is 22.2 Å². The molecule has 20 heavy (non-hydrogen) atoms. The average molecular weight is 336 g/mol. The standard InChI is InChI=1S/C13H15Cl2NO3S/c1-13(2,3)5-4-6-19-12-10(14)7-9(8-11(12)15)20(16,17)18/h7-8H,6H2,1-3H3,(H2,16,17,18). The van der Waals surface area contributed by atoms with Crippen LogP contribution < -0.4 is 9.88 Å². The molecule has 0 unspecified atom stereocenters. The molecule has 2 N–H and O–H groups in total. The summed E-state index contributed by atoms with van der Waals surface area (Å²) in [6.07, 6.45) is 0. The lowest BCUT2D eigenvalue weighted by Gasteiger charge is -2.10. The third kappa shape index (κ3) is 5.22. The fraction of sp³-hybridized carbons (Fsp3) is 0.385. The molecule has 7 heteroatoms. The van der Waals surface area contributed by atoms with Crippen LogP contribution >= 0.6 is 23.2 Å². The van der Waals surface area contributed by atoms with E-state index in [2.05, 4.69) is 11.8 Å². The van der Waals surface area contributed by atoms with E-state index in [-0.39, 0.29) is 32.7 Å². The van der Waals surface area contributed by atoms with Gasteiger partial charge in [-0.05, 0) is 32.9 Å². The van der Waals surface area contributed by atoms with Gasteiger partial charge in [-0.2, -0.15) is 0 Å². The monoisotopic (exact) mass is 335 g/mol. The molecular formula is C13H15Cl2NO3S. The van der Waals surface area contributed by atoms with Crippen molar-refractivity contribution >= 4 is 33.2 Å². The zero-order chi connectivity index (χ0) is 15.6. The molecule has 0 aliphatic heterocycles. The second-order valence-electron chi connectivity index (χ2n) is 5.10. The molecule has 0 atom stereocenters. The highest BCUT2D eigenvalue weighted by atomic mass is 35.5. The lowest BCUT2D eigenvalue weighted by molar-refractivity contribution is 0.369. The van der Waals surface area contributed by atoms with Crippen LogP contribution in [-0.2, 0) is 10.0 Å². The molecule has 0 spiro atoms. The van der Waals surface area contributed by atoms with Crippen molar-refractivity contribution in [2.45, 2.75) is 25.7 Å². The summed E-state index contributed by atoms with van der Waals surface area (Å²) in [6, 6.07) is 2.38. The molecular weight excluding hydrogens is 321 g/mol. The Balaban J connectivity index is 2.95. The zero-order valence-corrected chi connectivity index (χ0v) is 13.7. The molecule has 110 valence electrons. The van der Waals surface area contributed by atoms with Gasteiger partial charge < -0.3 is 4.74 Å². The summed E-state index contributed by atoms with van der Waals surface area (Å²) in [4.78, 5) is -0.166. The molecule has 0 saturated heterocycles. The highest BCUT2D eigenvalue weighted by Gasteiger charge is 2.15. The fourth-order valence-corrected chi connectivity index (χ4v) is 2.54. The van der Waals surface area contributed by atoms with E-state index in [9.17, 15) is 8.42 Å². The summed E-state index contributed by atoms with van der Waals surface area (Å²) in [5, 5.41) is 5.14. The van der Waals surface area contributed by atoms with Gasteiger partial charge in [0.2, 0.25) is 10.0 Å². The topological polar surface area (TPSA) is 69.4 Å². The third-order valence-corrected chi connectivity index (χ3v) is 3.51. The van der Waals surface area contributed by atoms with Crippen LogP contribution in [0.4, 0.5) is 0 Å². The van der Waals surface area contributed by atoms with Crippen LogP contribution in [0.2, 0.25) is 10.0 Å². The summed E-state index contributed by atoms with van der Waals surface area (Å²) in [5.74, 6) is 6.01. The first-order valence-electron chi connectivity index (χ1n) is 5.65. The molecule has 0 saturated carbocycles. The quantitative estimate of drug-likeness (QED) is 0.863. The molecule has 0 fully saturated rings. The molecule has 0 bridgehead atoms. The van der Waals surface area contributed by atoms with Gasteiger partial charge in [0, 0.05) is 5.41 Å². The Labute approximate surface area is 129 Å². The van der Waals surface area contributed by atoms with E-state index >= 15 is 0 Å². The number of ether oxygens (including phenoxy) is 1. The second kappa shape index (κ2) is 6.23. The number of halogens is 2. The van der Waals surface area contributed by atoms with Crippen LogP contribution in [-0.4, -0.2) is 15.0 Å². The van der Waals surface area contributed by atoms with E-state index in [0.717, 1.165) is 0 Å². The van der Waals surface area contributed by atoms with E-state index in [1.54, 1.807) is 0 Å². The van der Waals surface area contributed by atoms with Gasteiger partial charge in [-0.15, -0.1) is 0 Å². The summed E-state index contributed by atoms with van der Waals surface area (Å²) in [7, 11) is -3.86. The number of primary sulfonamides is 1. The molecule has 0 aliphatic rings. The minimum atomic E-state index is -3.86. The van der Waals surface area contributed by atoms with E-state index in [0.29, 0.717) is 0 Å². The highest BCUT2D eigenvalue weighted by molar-refractivity contribution is 7.89. The normalized spacial score (nSPS) is 11.7. The Bertz CT molecular complexity index is 644. The Kier molecular flexibility index (Phi) is 5.33. The highest BCUT2D eigenvalue weighted by Crippen LogP contribution is 2.35. The van der Waals surface area contributed by atoms with Crippen LogP contribution in [0.25, 0.3) is 0 Å². The van der Waals surface area contributed by atoms with Gasteiger partial charge in [0.1, 0.15) is 6.61 Å². The summed E-state index contributed by atoms with van der Waals surface area (Å²) in [5.41, 5.74) is -0.131. The summed E-state index contributed by atoms with van der Waals surface area (Å²) in [6.45, 7) is 6.02. The minimum Gasteiger partial charge on any atom is -0.478 e. The Morgan fingerprint density at radius 1 is 1.25 bits per heavy atom. The Morgan fingerprint density at radius 2 is 1.75 bits per heavy atom. The molecule has 0 aromatic heterocycles. The summed E-state index contributed by atoms with van der Waals surface area (Å²) < 4.78 is 27.8.